The predicted octanol–water partition coefficient (Wildman–Crippen LogP) is 2.13. The average molecular weight is 288 g/mol. The lowest BCUT2D eigenvalue weighted by Gasteiger charge is -2.41. The van der Waals surface area contributed by atoms with Crippen LogP contribution in [-0.4, -0.2) is 34.8 Å². The molecule has 1 heterocycles. The minimum Gasteiger partial charge on any atom is -0.342 e. The standard InChI is InChI=1S/C17H24N2O2/c1-4-14(5-2)19-12(3)16(20)18-15(17(19)21)11-13-9-7-6-8-10-13/h6-10,12,14-15H,4-5,11H2,1-3H3,(H,18,20). The predicted molar refractivity (Wildman–Crippen MR) is 82.8 cm³/mol. The maximum Gasteiger partial charge on any atom is 0.246 e. The highest BCUT2D eigenvalue weighted by Gasteiger charge is 2.40. The van der Waals surface area contributed by atoms with Crippen LogP contribution in [0.2, 0.25) is 0 Å². The van der Waals surface area contributed by atoms with Gasteiger partial charge < -0.3 is 10.2 Å². The Hall–Kier alpha value is -1.84. The molecule has 2 unspecified atom stereocenters. The van der Waals surface area contributed by atoms with E-state index in [1.807, 2.05) is 37.3 Å². The van der Waals surface area contributed by atoms with Gasteiger partial charge in [-0.1, -0.05) is 44.2 Å². The van der Waals surface area contributed by atoms with E-state index in [-0.39, 0.29) is 23.9 Å². The van der Waals surface area contributed by atoms with Gasteiger partial charge in [0.25, 0.3) is 0 Å². The van der Waals surface area contributed by atoms with Crippen molar-refractivity contribution < 1.29 is 9.59 Å². The molecule has 0 radical (unpaired) electrons. The lowest BCUT2D eigenvalue weighted by atomic mass is 9.97. The quantitative estimate of drug-likeness (QED) is 0.902. The summed E-state index contributed by atoms with van der Waals surface area (Å²) in [6.45, 7) is 5.93. The van der Waals surface area contributed by atoms with Gasteiger partial charge in [-0.3, -0.25) is 9.59 Å². The second kappa shape index (κ2) is 6.74. The minimum atomic E-state index is -0.448. The second-order valence-corrected chi connectivity index (χ2v) is 5.64. The highest BCUT2D eigenvalue weighted by Crippen LogP contribution is 2.20. The van der Waals surface area contributed by atoms with Gasteiger partial charge in [-0.05, 0) is 25.3 Å². The van der Waals surface area contributed by atoms with E-state index < -0.39 is 6.04 Å². The van der Waals surface area contributed by atoms with Crippen LogP contribution in [0, 0.1) is 0 Å². The number of nitrogens with zero attached hydrogens (tertiary/aromatic N) is 1. The molecule has 0 aromatic heterocycles. The zero-order valence-corrected chi connectivity index (χ0v) is 13.0. The number of piperazine rings is 1. The van der Waals surface area contributed by atoms with Crippen LogP contribution in [0.3, 0.4) is 0 Å². The molecule has 2 amide bonds. The highest BCUT2D eigenvalue weighted by molar-refractivity contribution is 5.97. The summed E-state index contributed by atoms with van der Waals surface area (Å²) < 4.78 is 0. The van der Waals surface area contributed by atoms with Crippen molar-refractivity contribution in [3.05, 3.63) is 35.9 Å². The molecule has 4 nitrogen and oxygen atoms in total. The first-order chi connectivity index (χ1) is 10.1. The topological polar surface area (TPSA) is 49.4 Å². The van der Waals surface area contributed by atoms with Crippen LogP contribution in [0.15, 0.2) is 30.3 Å². The molecular weight excluding hydrogens is 264 g/mol. The van der Waals surface area contributed by atoms with Gasteiger partial charge in [0, 0.05) is 12.5 Å². The van der Waals surface area contributed by atoms with Crippen molar-refractivity contribution in [3.8, 4) is 0 Å². The van der Waals surface area contributed by atoms with Gasteiger partial charge in [0.2, 0.25) is 11.8 Å². The van der Waals surface area contributed by atoms with E-state index in [0.29, 0.717) is 6.42 Å². The van der Waals surface area contributed by atoms with Gasteiger partial charge in [-0.2, -0.15) is 0 Å². The highest BCUT2D eigenvalue weighted by atomic mass is 16.2. The van der Waals surface area contributed by atoms with E-state index in [1.165, 1.54) is 0 Å². The maximum absolute atomic E-state index is 12.8. The van der Waals surface area contributed by atoms with Gasteiger partial charge in [0.1, 0.15) is 12.1 Å². The molecule has 114 valence electrons. The van der Waals surface area contributed by atoms with Gasteiger partial charge in [0.15, 0.2) is 0 Å². The number of hydrogen-bond acceptors (Lipinski definition) is 2. The molecule has 1 aliphatic rings. The van der Waals surface area contributed by atoms with E-state index in [9.17, 15) is 9.59 Å². The zero-order valence-electron chi connectivity index (χ0n) is 13.0. The van der Waals surface area contributed by atoms with E-state index in [4.69, 9.17) is 0 Å². The van der Waals surface area contributed by atoms with Crippen LogP contribution in [0.1, 0.15) is 39.2 Å². The molecule has 1 N–H and O–H groups in total. The van der Waals surface area contributed by atoms with Crippen LogP contribution in [0.4, 0.5) is 0 Å². The van der Waals surface area contributed by atoms with E-state index >= 15 is 0 Å². The third-order valence-corrected chi connectivity index (χ3v) is 4.28. The Balaban J connectivity index is 2.20. The Morgan fingerprint density at radius 2 is 1.76 bits per heavy atom. The summed E-state index contributed by atoms with van der Waals surface area (Å²) in [7, 11) is 0. The largest absolute Gasteiger partial charge is 0.342 e. The first kappa shape index (κ1) is 15.5. The summed E-state index contributed by atoms with van der Waals surface area (Å²) in [5, 5.41) is 2.87. The summed E-state index contributed by atoms with van der Waals surface area (Å²) in [6.07, 6.45) is 2.30. The molecule has 0 aliphatic carbocycles. The average Bonchev–Trinajstić information content (AvgIpc) is 2.50. The number of carbonyl (C=O) groups excluding carboxylic acids is 2. The summed E-state index contributed by atoms with van der Waals surface area (Å²) in [5.74, 6) is -0.0120. The first-order valence-electron chi connectivity index (χ1n) is 7.74. The number of nitrogens with one attached hydrogen (secondary N) is 1. The third kappa shape index (κ3) is 3.26. The molecule has 0 spiro atoms. The number of rotatable bonds is 5. The smallest absolute Gasteiger partial charge is 0.246 e. The zero-order chi connectivity index (χ0) is 15.4. The monoisotopic (exact) mass is 288 g/mol. The normalized spacial score (nSPS) is 22.6. The molecule has 2 atom stereocenters. The molecule has 1 fully saturated rings. The Morgan fingerprint density at radius 1 is 1.14 bits per heavy atom. The second-order valence-electron chi connectivity index (χ2n) is 5.64. The number of hydrogen-bond donors (Lipinski definition) is 1. The summed E-state index contributed by atoms with van der Waals surface area (Å²) in [4.78, 5) is 26.7. The van der Waals surface area contributed by atoms with Crippen molar-refractivity contribution in [2.24, 2.45) is 0 Å². The molecule has 1 aromatic rings. The molecule has 1 saturated heterocycles. The van der Waals surface area contributed by atoms with Crippen LogP contribution >= 0.6 is 0 Å². The van der Waals surface area contributed by atoms with Crippen molar-refractivity contribution in [1.29, 1.82) is 0 Å². The molecule has 2 rings (SSSR count). The SMILES string of the molecule is CCC(CC)N1C(=O)C(Cc2ccccc2)NC(=O)C1C. The number of carbonyl (C=O) groups is 2. The van der Waals surface area contributed by atoms with Gasteiger partial charge in [0.05, 0.1) is 0 Å². The van der Waals surface area contributed by atoms with Gasteiger partial charge in [-0.25, -0.2) is 0 Å². The van der Waals surface area contributed by atoms with Crippen LogP contribution in [-0.2, 0) is 16.0 Å². The van der Waals surface area contributed by atoms with Crippen LogP contribution in [0.25, 0.3) is 0 Å². The van der Waals surface area contributed by atoms with Crippen molar-refractivity contribution in [1.82, 2.24) is 10.2 Å². The fraction of sp³-hybridized carbons (Fsp3) is 0.529. The fourth-order valence-corrected chi connectivity index (χ4v) is 3.02. The minimum absolute atomic E-state index is 0.0413. The molecule has 21 heavy (non-hydrogen) atoms. The van der Waals surface area contributed by atoms with E-state index in [0.717, 1.165) is 18.4 Å². The van der Waals surface area contributed by atoms with Crippen molar-refractivity contribution in [2.45, 2.75) is 58.2 Å². The first-order valence-corrected chi connectivity index (χ1v) is 7.74. The van der Waals surface area contributed by atoms with Crippen LogP contribution in [0.5, 0.6) is 0 Å². The number of benzene rings is 1. The van der Waals surface area contributed by atoms with E-state index in [1.54, 1.807) is 4.90 Å². The summed E-state index contributed by atoms with van der Waals surface area (Å²) >= 11 is 0. The third-order valence-electron chi connectivity index (χ3n) is 4.28. The van der Waals surface area contributed by atoms with Crippen molar-refractivity contribution in [2.75, 3.05) is 0 Å². The van der Waals surface area contributed by atoms with Gasteiger partial charge in [-0.15, -0.1) is 0 Å². The fourth-order valence-electron chi connectivity index (χ4n) is 3.02. The Kier molecular flexibility index (Phi) is 4.99. The molecule has 4 heteroatoms. The molecule has 0 saturated carbocycles. The van der Waals surface area contributed by atoms with Gasteiger partial charge >= 0.3 is 0 Å². The van der Waals surface area contributed by atoms with Crippen molar-refractivity contribution >= 4 is 11.8 Å². The van der Waals surface area contributed by atoms with Crippen LogP contribution < -0.4 is 5.32 Å². The maximum atomic E-state index is 12.8. The lowest BCUT2D eigenvalue weighted by Crippen LogP contribution is -2.65. The molecule has 1 aromatic carbocycles. The Bertz CT molecular complexity index is 497. The Labute approximate surface area is 126 Å². The lowest BCUT2D eigenvalue weighted by molar-refractivity contribution is -0.151. The molecular formula is C17H24N2O2. The summed E-state index contributed by atoms with van der Waals surface area (Å²) in [6, 6.07) is 9.13. The molecule has 1 aliphatic heterocycles. The number of amides is 2. The Morgan fingerprint density at radius 3 is 2.33 bits per heavy atom. The molecule has 0 bridgehead atoms. The van der Waals surface area contributed by atoms with E-state index in [2.05, 4.69) is 19.2 Å². The van der Waals surface area contributed by atoms with Crippen molar-refractivity contribution in [3.63, 3.8) is 0 Å². The summed E-state index contributed by atoms with van der Waals surface area (Å²) in [5.41, 5.74) is 1.07.